The fraction of sp³-hybridized carbons (Fsp3) is 0.250. The third-order valence-corrected chi connectivity index (χ3v) is 3.79. The van der Waals surface area contributed by atoms with E-state index in [4.69, 9.17) is 16.3 Å². The molecule has 1 atom stereocenters. The second-order valence-electron chi connectivity index (χ2n) is 4.33. The van der Waals surface area contributed by atoms with Gasteiger partial charge < -0.3 is 4.74 Å². The summed E-state index contributed by atoms with van der Waals surface area (Å²) < 4.78 is 6.72. The smallest absolute Gasteiger partial charge is 0.120 e. The lowest BCUT2D eigenvalue weighted by molar-refractivity contribution is 0.306. The third-order valence-electron chi connectivity index (χ3n) is 2.83. The van der Waals surface area contributed by atoms with Crippen molar-refractivity contribution in [1.82, 2.24) is 0 Å². The summed E-state index contributed by atoms with van der Waals surface area (Å²) in [7, 11) is 0. The van der Waals surface area contributed by atoms with Crippen molar-refractivity contribution in [3.63, 3.8) is 0 Å². The third kappa shape index (κ3) is 4.88. The minimum Gasteiger partial charge on any atom is -0.494 e. The van der Waals surface area contributed by atoms with Gasteiger partial charge in [0, 0.05) is 4.47 Å². The molecule has 19 heavy (non-hydrogen) atoms. The van der Waals surface area contributed by atoms with E-state index in [1.54, 1.807) is 0 Å². The number of halogens is 2. The Morgan fingerprint density at radius 2 is 1.84 bits per heavy atom. The van der Waals surface area contributed by atoms with Crippen LogP contribution in [0.2, 0.25) is 0 Å². The van der Waals surface area contributed by atoms with E-state index in [0.29, 0.717) is 6.61 Å². The molecule has 2 rings (SSSR count). The van der Waals surface area contributed by atoms with Gasteiger partial charge in [0.2, 0.25) is 0 Å². The maximum Gasteiger partial charge on any atom is 0.120 e. The van der Waals surface area contributed by atoms with Crippen molar-refractivity contribution in [3.8, 4) is 5.75 Å². The predicted molar refractivity (Wildman–Crippen MR) is 83.9 cm³/mol. The van der Waals surface area contributed by atoms with E-state index >= 15 is 0 Å². The highest BCUT2D eigenvalue weighted by atomic mass is 79.9. The van der Waals surface area contributed by atoms with Gasteiger partial charge in [-0.25, -0.2) is 0 Å². The van der Waals surface area contributed by atoms with Crippen molar-refractivity contribution in [3.05, 3.63) is 64.6 Å². The van der Waals surface area contributed by atoms with Crippen molar-refractivity contribution in [2.45, 2.75) is 18.2 Å². The monoisotopic (exact) mass is 338 g/mol. The maximum atomic E-state index is 6.35. The van der Waals surface area contributed by atoms with E-state index in [9.17, 15) is 0 Å². The molecule has 0 saturated heterocycles. The van der Waals surface area contributed by atoms with Crippen LogP contribution in [0.15, 0.2) is 59.1 Å². The van der Waals surface area contributed by atoms with Crippen LogP contribution in [0.1, 0.15) is 23.8 Å². The average Bonchev–Trinajstić information content (AvgIpc) is 2.44. The van der Waals surface area contributed by atoms with Crippen LogP contribution >= 0.6 is 27.5 Å². The lowest BCUT2D eigenvalue weighted by Gasteiger charge is -2.10. The lowest BCUT2D eigenvalue weighted by Crippen LogP contribution is -1.99. The molecule has 1 nitrogen and oxygen atoms in total. The van der Waals surface area contributed by atoms with Gasteiger partial charge in [0.15, 0.2) is 0 Å². The number of rotatable bonds is 6. The largest absolute Gasteiger partial charge is 0.494 e. The summed E-state index contributed by atoms with van der Waals surface area (Å²) in [6.07, 6.45) is 1.86. The van der Waals surface area contributed by atoms with E-state index in [2.05, 4.69) is 28.1 Å². The molecule has 0 amide bonds. The summed E-state index contributed by atoms with van der Waals surface area (Å²) in [5.41, 5.74) is 1.17. The number of hydrogen-bond donors (Lipinski definition) is 0. The van der Waals surface area contributed by atoms with Gasteiger partial charge in [-0.05, 0) is 36.6 Å². The van der Waals surface area contributed by atoms with Gasteiger partial charge >= 0.3 is 0 Å². The van der Waals surface area contributed by atoms with Gasteiger partial charge in [-0.1, -0.05) is 52.3 Å². The van der Waals surface area contributed by atoms with Crippen molar-refractivity contribution in [2.24, 2.45) is 0 Å². The van der Waals surface area contributed by atoms with Crippen LogP contribution in [-0.4, -0.2) is 6.61 Å². The molecule has 0 spiro atoms. The molecule has 0 heterocycles. The lowest BCUT2D eigenvalue weighted by atomic mass is 10.1. The Bertz CT molecular complexity index is 501. The zero-order valence-electron chi connectivity index (χ0n) is 10.6. The van der Waals surface area contributed by atoms with E-state index < -0.39 is 0 Å². The Morgan fingerprint density at radius 1 is 1.05 bits per heavy atom. The molecule has 0 aliphatic rings. The Kier molecular flexibility index (Phi) is 5.74. The second kappa shape index (κ2) is 7.56. The minimum atomic E-state index is 0.0623. The number of alkyl halides is 1. The number of benzene rings is 2. The van der Waals surface area contributed by atoms with E-state index in [1.165, 1.54) is 5.56 Å². The van der Waals surface area contributed by atoms with Crippen molar-refractivity contribution in [1.29, 1.82) is 0 Å². The summed E-state index contributed by atoms with van der Waals surface area (Å²) in [5.74, 6) is 0.889. The van der Waals surface area contributed by atoms with Crippen LogP contribution in [0.25, 0.3) is 0 Å². The first-order valence-corrected chi connectivity index (χ1v) is 7.56. The molecule has 1 unspecified atom stereocenters. The van der Waals surface area contributed by atoms with Crippen molar-refractivity contribution < 1.29 is 4.74 Å². The molecule has 0 fully saturated rings. The molecular formula is C16H16BrClO. The van der Waals surface area contributed by atoms with Crippen LogP contribution < -0.4 is 4.74 Å². The SMILES string of the molecule is ClC(CCCOc1cccc(Br)c1)c1ccccc1. The van der Waals surface area contributed by atoms with Gasteiger partial charge in [-0.3, -0.25) is 0 Å². The Labute approximate surface area is 127 Å². The van der Waals surface area contributed by atoms with Gasteiger partial charge in [0.25, 0.3) is 0 Å². The fourth-order valence-electron chi connectivity index (χ4n) is 1.84. The zero-order valence-corrected chi connectivity index (χ0v) is 12.9. The van der Waals surface area contributed by atoms with Crippen LogP contribution in [0.5, 0.6) is 5.75 Å². The van der Waals surface area contributed by atoms with E-state index in [0.717, 1.165) is 23.1 Å². The van der Waals surface area contributed by atoms with Gasteiger partial charge in [-0.15, -0.1) is 11.6 Å². The van der Waals surface area contributed by atoms with Crippen LogP contribution in [0.4, 0.5) is 0 Å². The number of ether oxygens (including phenoxy) is 1. The van der Waals surface area contributed by atoms with Crippen molar-refractivity contribution >= 4 is 27.5 Å². The van der Waals surface area contributed by atoms with Gasteiger partial charge in [0.1, 0.15) is 5.75 Å². The molecule has 0 saturated carbocycles. The standard InChI is InChI=1S/C16H16BrClO/c17-14-8-4-9-15(12-14)19-11-5-10-16(18)13-6-2-1-3-7-13/h1-4,6-9,12,16H,5,10-11H2. The highest BCUT2D eigenvalue weighted by Crippen LogP contribution is 2.25. The molecule has 2 aromatic rings. The summed E-state index contributed by atoms with van der Waals surface area (Å²) in [5, 5.41) is 0.0623. The predicted octanol–water partition coefficient (Wildman–Crippen LogP) is 5.59. The summed E-state index contributed by atoms with van der Waals surface area (Å²) in [6, 6.07) is 18.0. The quantitative estimate of drug-likeness (QED) is 0.492. The minimum absolute atomic E-state index is 0.0623. The summed E-state index contributed by atoms with van der Waals surface area (Å²) in [6.45, 7) is 0.687. The normalized spacial score (nSPS) is 12.1. The Balaban J connectivity index is 1.72. The highest BCUT2D eigenvalue weighted by Gasteiger charge is 2.06. The second-order valence-corrected chi connectivity index (χ2v) is 5.77. The molecular weight excluding hydrogens is 324 g/mol. The topological polar surface area (TPSA) is 9.23 Å². The molecule has 3 heteroatoms. The van der Waals surface area contributed by atoms with Crippen LogP contribution in [-0.2, 0) is 0 Å². The average molecular weight is 340 g/mol. The van der Waals surface area contributed by atoms with Crippen LogP contribution in [0, 0.1) is 0 Å². The zero-order chi connectivity index (χ0) is 13.5. The Hall–Kier alpha value is -0.990. The molecule has 0 aromatic heterocycles. The first-order chi connectivity index (χ1) is 9.25. The summed E-state index contributed by atoms with van der Waals surface area (Å²) >= 11 is 9.77. The first kappa shape index (κ1) is 14.4. The maximum absolute atomic E-state index is 6.35. The molecule has 0 aliphatic carbocycles. The first-order valence-electron chi connectivity index (χ1n) is 6.33. The van der Waals surface area contributed by atoms with E-state index in [-0.39, 0.29) is 5.38 Å². The van der Waals surface area contributed by atoms with Crippen LogP contribution in [0.3, 0.4) is 0 Å². The van der Waals surface area contributed by atoms with Gasteiger partial charge in [-0.2, -0.15) is 0 Å². The molecule has 100 valence electrons. The molecule has 0 bridgehead atoms. The highest BCUT2D eigenvalue weighted by molar-refractivity contribution is 9.10. The molecule has 0 radical (unpaired) electrons. The summed E-state index contributed by atoms with van der Waals surface area (Å²) in [4.78, 5) is 0. The van der Waals surface area contributed by atoms with Crippen molar-refractivity contribution in [2.75, 3.05) is 6.61 Å². The fourth-order valence-corrected chi connectivity index (χ4v) is 2.52. The molecule has 0 N–H and O–H groups in total. The Morgan fingerprint density at radius 3 is 2.58 bits per heavy atom. The molecule has 2 aromatic carbocycles. The van der Waals surface area contributed by atoms with Gasteiger partial charge in [0.05, 0.1) is 12.0 Å². The van der Waals surface area contributed by atoms with E-state index in [1.807, 2.05) is 42.5 Å². The molecule has 0 aliphatic heterocycles. The number of hydrogen-bond acceptors (Lipinski definition) is 1.